The lowest BCUT2D eigenvalue weighted by molar-refractivity contribution is 0.145. The lowest BCUT2D eigenvalue weighted by Gasteiger charge is -2.37. The van der Waals surface area contributed by atoms with Crippen molar-refractivity contribution in [2.45, 2.75) is 63.8 Å². The molecule has 0 aromatic carbocycles. The lowest BCUT2D eigenvalue weighted by Crippen LogP contribution is -2.50. The van der Waals surface area contributed by atoms with Crippen LogP contribution in [0.5, 0.6) is 0 Å². The van der Waals surface area contributed by atoms with Gasteiger partial charge >= 0.3 is 0 Å². The average molecular weight is 224 g/mol. The maximum atomic E-state index is 6.44. The maximum Gasteiger partial charge on any atom is 0.0283 e. The predicted octanol–water partition coefficient (Wildman–Crippen LogP) is 2.77. The predicted molar refractivity (Wildman–Crippen MR) is 69.5 cm³/mol. The first-order valence-corrected chi connectivity index (χ1v) is 7.23. The molecule has 0 unspecified atom stereocenters. The van der Waals surface area contributed by atoms with Gasteiger partial charge in [0, 0.05) is 12.1 Å². The van der Waals surface area contributed by atoms with Crippen LogP contribution in [0.2, 0.25) is 0 Å². The smallest absolute Gasteiger partial charge is 0.0283 e. The summed E-state index contributed by atoms with van der Waals surface area (Å²) in [6.07, 6.45) is 10.8. The molecule has 0 aromatic rings. The van der Waals surface area contributed by atoms with E-state index >= 15 is 0 Å². The molecule has 0 amide bonds. The Kier molecular flexibility index (Phi) is 4.26. The lowest BCUT2D eigenvalue weighted by atomic mass is 9.90. The standard InChI is InChI=1S/C14H28N2/c1-2-5-13-6-10-16(11-7-13)12-14(15)8-3-4-9-14/h13H,2-12,15H2,1H3. The first-order valence-electron chi connectivity index (χ1n) is 7.23. The number of nitrogens with zero attached hydrogens (tertiary/aromatic N) is 1. The van der Waals surface area contributed by atoms with Gasteiger partial charge < -0.3 is 10.6 Å². The van der Waals surface area contributed by atoms with Gasteiger partial charge in [-0.05, 0) is 44.7 Å². The largest absolute Gasteiger partial charge is 0.324 e. The Morgan fingerprint density at radius 3 is 2.38 bits per heavy atom. The Bertz CT molecular complexity index is 201. The topological polar surface area (TPSA) is 29.3 Å². The number of hydrogen-bond acceptors (Lipinski definition) is 2. The number of hydrogen-bond donors (Lipinski definition) is 1. The maximum absolute atomic E-state index is 6.44. The minimum atomic E-state index is 0.164. The normalized spacial score (nSPS) is 27.4. The monoisotopic (exact) mass is 224 g/mol. The molecule has 94 valence electrons. The Hall–Kier alpha value is -0.0800. The molecule has 0 radical (unpaired) electrons. The second-order valence-electron chi connectivity index (χ2n) is 6.08. The van der Waals surface area contributed by atoms with Gasteiger partial charge in [-0.1, -0.05) is 32.6 Å². The highest BCUT2D eigenvalue weighted by atomic mass is 15.2. The molecule has 2 fully saturated rings. The van der Waals surface area contributed by atoms with Crippen LogP contribution in [-0.4, -0.2) is 30.1 Å². The molecular formula is C14H28N2. The zero-order valence-electron chi connectivity index (χ0n) is 10.9. The summed E-state index contributed by atoms with van der Waals surface area (Å²) in [5.74, 6) is 0.999. The fourth-order valence-electron chi connectivity index (χ4n) is 3.52. The van der Waals surface area contributed by atoms with Crippen molar-refractivity contribution in [3.63, 3.8) is 0 Å². The quantitative estimate of drug-likeness (QED) is 0.795. The van der Waals surface area contributed by atoms with Crippen molar-refractivity contribution in [1.29, 1.82) is 0 Å². The van der Waals surface area contributed by atoms with Crippen LogP contribution in [0.1, 0.15) is 58.3 Å². The van der Waals surface area contributed by atoms with Crippen molar-refractivity contribution in [1.82, 2.24) is 4.90 Å². The van der Waals surface area contributed by atoms with Crippen LogP contribution in [0, 0.1) is 5.92 Å². The van der Waals surface area contributed by atoms with Gasteiger partial charge in [0.2, 0.25) is 0 Å². The third-order valence-corrected chi connectivity index (χ3v) is 4.54. The third-order valence-electron chi connectivity index (χ3n) is 4.54. The fraction of sp³-hybridized carbons (Fsp3) is 1.00. The second-order valence-corrected chi connectivity index (χ2v) is 6.08. The number of nitrogens with two attached hydrogens (primary N) is 1. The van der Waals surface area contributed by atoms with Crippen LogP contribution in [0.15, 0.2) is 0 Å². The summed E-state index contributed by atoms with van der Waals surface area (Å²) in [7, 11) is 0. The molecule has 2 N–H and O–H groups in total. The van der Waals surface area contributed by atoms with E-state index in [-0.39, 0.29) is 5.54 Å². The zero-order chi connectivity index (χ0) is 11.4. The van der Waals surface area contributed by atoms with Crippen LogP contribution < -0.4 is 5.73 Å². The summed E-state index contributed by atoms with van der Waals surface area (Å²) >= 11 is 0. The number of rotatable bonds is 4. The van der Waals surface area contributed by atoms with E-state index in [0.29, 0.717) is 0 Å². The van der Waals surface area contributed by atoms with E-state index < -0.39 is 0 Å². The van der Waals surface area contributed by atoms with Gasteiger partial charge in [0.1, 0.15) is 0 Å². The Morgan fingerprint density at radius 1 is 1.19 bits per heavy atom. The van der Waals surface area contributed by atoms with Crippen LogP contribution in [-0.2, 0) is 0 Å². The summed E-state index contributed by atoms with van der Waals surface area (Å²) in [4.78, 5) is 2.62. The van der Waals surface area contributed by atoms with Gasteiger partial charge in [0.05, 0.1) is 0 Å². The van der Waals surface area contributed by atoms with E-state index in [2.05, 4.69) is 11.8 Å². The molecule has 1 saturated carbocycles. The number of piperidine rings is 1. The minimum absolute atomic E-state index is 0.164. The molecule has 2 nitrogen and oxygen atoms in total. The van der Waals surface area contributed by atoms with Gasteiger partial charge in [-0.25, -0.2) is 0 Å². The Morgan fingerprint density at radius 2 is 1.81 bits per heavy atom. The van der Waals surface area contributed by atoms with Gasteiger partial charge in [-0.2, -0.15) is 0 Å². The average Bonchev–Trinajstić information content (AvgIpc) is 2.68. The van der Waals surface area contributed by atoms with E-state index in [9.17, 15) is 0 Å². The van der Waals surface area contributed by atoms with Gasteiger partial charge in [-0.3, -0.25) is 0 Å². The summed E-state index contributed by atoms with van der Waals surface area (Å²) in [5, 5.41) is 0. The molecule has 1 aliphatic carbocycles. The second kappa shape index (κ2) is 5.50. The molecule has 16 heavy (non-hydrogen) atoms. The molecule has 1 heterocycles. The zero-order valence-corrected chi connectivity index (χ0v) is 10.9. The minimum Gasteiger partial charge on any atom is -0.324 e. The summed E-state index contributed by atoms with van der Waals surface area (Å²) in [6.45, 7) is 6.05. The van der Waals surface area contributed by atoms with E-state index in [1.165, 1.54) is 64.5 Å². The third kappa shape index (κ3) is 3.21. The van der Waals surface area contributed by atoms with Gasteiger partial charge in [-0.15, -0.1) is 0 Å². The molecule has 0 bridgehead atoms. The molecule has 2 rings (SSSR count). The van der Waals surface area contributed by atoms with Crippen molar-refractivity contribution in [3.8, 4) is 0 Å². The van der Waals surface area contributed by atoms with Crippen LogP contribution in [0.3, 0.4) is 0 Å². The number of likely N-dealkylation sites (tertiary alicyclic amines) is 1. The van der Waals surface area contributed by atoms with E-state index in [0.717, 1.165) is 12.5 Å². The molecule has 1 aliphatic heterocycles. The molecule has 2 heteroatoms. The molecule has 0 spiro atoms. The van der Waals surface area contributed by atoms with Crippen molar-refractivity contribution in [2.24, 2.45) is 11.7 Å². The van der Waals surface area contributed by atoms with Crippen molar-refractivity contribution >= 4 is 0 Å². The SMILES string of the molecule is CCCC1CCN(CC2(N)CCCC2)CC1. The first kappa shape index (κ1) is 12.4. The highest BCUT2D eigenvalue weighted by Gasteiger charge is 2.32. The van der Waals surface area contributed by atoms with E-state index in [1.807, 2.05) is 0 Å². The van der Waals surface area contributed by atoms with Crippen LogP contribution in [0.25, 0.3) is 0 Å². The highest BCUT2D eigenvalue weighted by Crippen LogP contribution is 2.30. The summed E-state index contributed by atoms with van der Waals surface area (Å²) in [6, 6.07) is 0. The van der Waals surface area contributed by atoms with Crippen LogP contribution >= 0.6 is 0 Å². The van der Waals surface area contributed by atoms with Gasteiger partial charge in [0.25, 0.3) is 0 Å². The summed E-state index contributed by atoms with van der Waals surface area (Å²) in [5.41, 5.74) is 6.61. The van der Waals surface area contributed by atoms with Crippen molar-refractivity contribution in [3.05, 3.63) is 0 Å². The van der Waals surface area contributed by atoms with Gasteiger partial charge in [0.15, 0.2) is 0 Å². The molecule has 2 aliphatic rings. The Labute approximate surface area is 101 Å². The summed E-state index contributed by atoms with van der Waals surface area (Å²) < 4.78 is 0. The highest BCUT2D eigenvalue weighted by molar-refractivity contribution is 4.92. The first-order chi connectivity index (χ1) is 7.72. The molecule has 1 saturated heterocycles. The van der Waals surface area contributed by atoms with E-state index in [1.54, 1.807) is 0 Å². The van der Waals surface area contributed by atoms with Crippen molar-refractivity contribution < 1.29 is 0 Å². The fourth-order valence-corrected chi connectivity index (χ4v) is 3.52. The van der Waals surface area contributed by atoms with Crippen LogP contribution in [0.4, 0.5) is 0 Å². The molecule has 0 aromatic heterocycles. The van der Waals surface area contributed by atoms with E-state index in [4.69, 9.17) is 5.73 Å². The molecular weight excluding hydrogens is 196 g/mol. The van der Waals surface area contributed by atoms with Crippen molar-refractivity contribution in [2.75, 3.05) is 19.6 Å². The Balaban J connectivity index is 1.72. The molecule has 0 atom stereocenters.